The maximum absolute atomic E-state index is 12.1. The Bertz CT molecular complexity index is 873. The van der Waals surface area contributed by atoms with Crippen LogP contribution in [0.4, 0.5) is 4.79 Å². The molecule has 2 saturated heterocycles. The first-order valence-corrected chi connectivity index (χ1v) is 9.79. The van der Waals surface area contributed by atoms with Gasteiger partial charge in [0.05, 0.1) is 12.6 Å². The molecule has 0 saturated carbocycles. The highest BCUT2D eigenvalue weighted by Crippen LogP contribution is 2.34. The van der Waals surface area contributed by atoms with Crippen molar-refractivity contribution < 1.29 is 13.9 Å². The molecule has 0 spiro atoms. The molecule has 0 radical (unpaired) electrons. The molecule has 0 bridgehead atoms. The minimum atomic E-state index is -0.403. The molecule has 1 amide bonds. The van der Waals surface area contributed by atoms with Crippen molar-refractivity contribution in [2.75, 3.05) is 26.7 Å². The number of amides is 1. The smallest absolute Gasteiger partial charge is 0.417 e. The van der Waals surface area contributed by atoms with Gasteiger partial charge < -0.3 is 14.1 Å². The van der Waals surface area contributed by atoms with Gasteiger partial charge in [0.25, 0.3) is 0 Å². The number of carbonyl (C=O) groups excluding carboxylic acids is 1. The largest absolute Gasteiger partial charge is 0.453 e. The van der Waals surface area contributed by atoms with Crippen LogP contribution in [-0.4, -0.2) is 59.7 Å². The van der Waals surface area contributed by atoms with Gasteiger partial charge in [-0.1, -0.05) is 12.1 Å². The summed E-state index contributed by atoms with van der Waals surface area (Å²) in [5.74, 6) is -0.0816. The number of benzene rings is 1. The SMILES string of the molecule is COC(=O)N1CCC[C@H](N2CCC[C@@H](c3cccc4[nH]c(=O)oc34)C2)C1C. The summed E-state index contributed by atoms with van der Waals surface area (Å²) in [6.45, 7) is 4.83. The summed E-state index contributed by atoms with van der Waals surface area (Å²) in [5.41, 5.74) is 2.54. The molecule has 2 aliphatic heterocycles. The molecule has 1 aromatic carbocycles. The van der Waals surface area contributed by atoms with Crippen molar-refractivity contribution in [1.29, 1.82) is 0 Å². The predicted molar refractivity (Wildman–Crippen MR) is 102 cm³/mol. The molecule has 7 nitrogen and oxygen atoms in total. The number of oxazole rings is 1. The van der Waals surface area contributed by atoms with E-state index in [4.69, 9.17) is 9.15 Å². The summed E-state index contributed by atoms with van der Waals surface area (Å²) in [7, 11) is 1.45. The number of H-pyrrole nitrogens is 1. The number of methoxy groups -OCH3 is 1. The zero-order chi connectivity index (χ0) is 19.0. The lowest BCUT2D eigenvalue weighted by Crippen LogP contribution is -2.57. The van der Waals surface area contributed by atoms with E-state index in [1.165, 1.54) is 7.11 Å². The summed E-state index contributed by atoms with van der Waals surface area (Å²) in [6, 6.07) is 6.38. The first-order valence-electron chi connectivity index (χ1n) is 9.79. The fraction of sp³-hybridized carbons (Fsp3) is 0.600. The first kappa shape index (κ1) is 18.1. The van der Waals surface area contributed by atoms with Crippen molar-refractivity contribution in [3.05, 3.63) is 34.3 Å². The zero-order valence-corrected chi connectivity index (χ0v) is 15.9. The van der Waals surface area contributed by atoms with Gasteiger partial charge in [-0.2, -0.15) is 0 Å². The number of fused-ring (bicyclic) bond motifs is 1. The van der Waals surface area contributed by atoms with Gasteiger partial charge in [0.1, 0.15) is 0 Å². The topological polar surface area (TPSA) is 78.8 Å². The quantitative estimate of drug-likeness (QED) is 0.876. The summed E-state index contributed by atoms with van der Waals surface area (Å²) in [4.78, 5) is 30.8. The third-order valence-electron chi connectivity index (χ3n) is 6.20. The Labute approximate surface area is 158 Å². The molecule has 1 aromatic heterocycles. The van der Waals surface area contributed by atoms with Crippen molar-refractivity contribution in [1.82, 2.24) is 14.8 Å². The second kappa shape index (κ2) is 7.38. The van der Waals surface area contributed by atoms with Crippen LogP contribution in [-0.2, 0) is 4.74 Å². The molecule has 2 aromatic rings. The van der Waals surface area contributed by atoms with Gasteiger partial charge in [-0.25, -0.2) is 9.59 Å². The van der Waals surface area contributed by atoms with E-state index in [2.05, 4.69) is 22.9 Å². The maximum Gasteiger partial charge on any atom is 0.417 e. The molecule has 146 valence electrons. The number of aromatic amines is 1. The molecule has 1 unspecified atom stereocenters. The third kappa shape index (κ3) is 3.36. The van der Waals surface area contributed by atoms with E-state index in [-0.39, 0.29) is 12.1 Å². The fourth-order valence-electron chi connectivity index (χ4n) is 4.86. The van der Waals surface area contributed by atoms with Crippen LogP contribution in [0.1, 0.15) is 44.1 Å². The normalized spacial score (nSPS) is 27.0. The van der Waals surface area contributed by atoms with Gasteiger partial charge in [0.2, 0.25) is 0 Å². The van der Waals surface area contributed by atoms with E-state index in [0.717, 1.165) is 56.4 Å². The number of hydrogen-bond donors (Lipinski definition) is 1. The van der Waals surface area contributed by atoms with Crippen LogP contribution in [0, 0.1) is 0 Å². The highest BCUT2D eigenvalue weighted by Gasteiger charge is 2.37. The molecule has 3 atom stereocenters. The van der Waals surface area contributed by atoms with E-state index in [1.54, 1.807) is 0 Å². The molecular weight excluding hydrogens is 346 g/mol. The molecule has 27 heavy (non-hydrogen) atoms. The molecule has 1 N–H and O–H groups in total. The van der Waals surface area contributed by atoms with E-state index in [1.807, 2.05) is 17.0 Å². The van der Waals surface area contributed by atoms with Crippen LogP contribution in [0.2, 0.25) is 0 Å². The highest BCUT2D eigenvalue weighted by atomic mass is 16.5. The van der Waals surface area contributed by atoms with Gasteiger partial charge in [-0.15, -0.1) is 0 Å². The summed E-state index contributed by atoms with van der Waals surface area (Å²) >= 11 is 0. The fourth-order valence-corrected chi connectivity index (χ4v) is 4.86. The summed E-state index contributed by atoms with van der Waals surface area (Å²) in [5, 5.41) is 0. The summed E-state index contributed by atoms with van der Waals surface area (Å²) < 4.78 is 10.4. The number of para-hydroxylation sites is 1. The van der Waals surface area contributed by atoms with Crippen LogP contribution in [0.3, 0.4) is 0 Å². The van der Waals surface area contributed by atoms with Crippen molar-refractivity contribution in [2.45, 2.75) is 50.6 Å². The highest BCUT2D eigenvalue weighted by molar-refractivity contribution is 5.76. The number of hydrogen-bond acceptors (Lipinski definition) is 5. The molecule has 0 aliphatic carbocycles. The summed E-state index contributed by atoms with van der Waals surface area (Å²) in [6.07, 6.45) is 4.02. The van der Waals surface area contributed by atoms with Crippen LogP contribution in [0.5, 0.6) is 0 Å². The monoisotopic (exact) mass is 373 g/mol. The Morgan fingerprint density at radius 3 is 2.89 bits per heavy atom. The van der Waals surface area contributed by atoms with Crippen molar-refractivity contribution >= 4 is 17.2 Å². The minimum Gasteiger partial charge on any atom is -0.453 e. The Kier molecular flexibility index (Phi) is 4.95. The Balaban J connectivity index is 1.55. The second-order valence-corrected chi connectivity index (χ2v) is 7.69. The number of nitrogens with one attached hydrogen (secondary N) is 1. The molecule has 2 fully saturated rings. The Morgan fingerprint density at radius 1 is 1.26 bits per heavy atom. The first-order chi connectivity index (χ1) is 13.1. The predicted octanol–water partition coefficient (Wildman–Crippen LogP) is 2.92. The molecule has 4 rings (SSSR count). The Morgan fingerprint density at radius 2 is 2.07 bits per heavy atom. The van der Waals surface area contributed by atoms with E-state index >= 15 is 0 Å². The maximum atomic E-state index is 12.1. The van der Waals surface area contributed by atoms with Crippen LogP contribution in [0.15, 0.2) is 27.4 Å². The molecule has 7 heteroatoms. The van der Waals surface area contributed by atoms with Gasteiger partial charge >= 0.3 is 11.8 Å². The average Bonchev–Trinajstić information content (AvgIpc) is 3.07. The molecule has 2 aliphatic rings. The number of carbonyl (C=O) groups is 1. The van der Waals surface area contributed by atoms with E-state index in [0.29, 0.717) is 17.5 Å². The van der Waals surface area contributed by atoms with Gasteiger partial charge in [0.15, 0.2) is 5.58 Å². The number of nitrogens with zero attached hydrogens (tertiary/aromatic N) is 2. The number of aromatic nitrogens is 1. The van der Waals surface area contributed by atoms with E-state index < -0.39 is 5.76 Å². The molecule has 3 heterocycles. The average molecular weight is 373 g/mol. The van der Waals surface area contributed by atoms with Crippen molar-refractivity contribution in [2.24, 2.45) is 0 Å². The van der Waals surface area contributed by atoms with Crippen LogP contribution < -0.4 is 5.76 Å². The van der Waals surface area contributed by atoms with Gasteiger partial charge in [0, 0.05) is 36.7 Å². The number of piperidine rings is 2. The van der Waals surface area contributed by atoms with Gasteiger partial charge in [-0.3, -0.25) is 9.88 Å². The number of likely N-dealkylation sites (tertiary alicyclic amines) is 2. The van der Waals surface area contributed by atoms with Crippen molar-refractivity contribution in [3.8, 4) is 0 Å². The number of rotatable bonds is 2. The molecular formula is C20H27N3O4. The second-order valence-electron chi connectivity index (χ2n) is 7.69. The lowest BCUT2D eigenvalue weighted by molar-refractivity contribution is 0.0293. The standard InChI is InChI=1S/C20H27N3O4/c1-13-17(9-5-11-23(13)20(25)26-2)22-10-4-6-14(12-22)15-7-3-8-16-18(15)27-19(24)21-16/h3,7-8,13-14,17H,4-6,9-12H2,1-2H3,(H,21,24)/t13?,14-,17+/m1/s1. The van der Waals surface area contributed by atoms with Crippen LogP contribution in [0.25, 0.3) is 11.1 Å². The lowest BCUT2D eigenvalue weighted by Gasteiger charge is -2.46. The van der Waals surface area contributed by atoms with E-state index in [9.17, 15) is 9.59 Å². The third-order valence-corrected chi connectivity index (χ3v) is 6.20. The van der Waals surface area contributed by atoms with Crippen LogP contribution >= 0.6 is 0 Å². The Hall–Kier alpha value is -2.28. The minimum absolute atomic E-state index is 0.130. The number of ether oxygens (including phenoxy) is 1. The van der Waals surface area contributed by atoms with Gasteiger partial charge in [-0.05, 0) is 45.2 Å². The lowest BCUT2D eigenvalue weighted by atomic mass is 9.87. The zero-order valence-electron chi connectivity index (χ0n) is 15.9. The van der Waals surface area contributed by atoms with Crippen molar-refractivity contribution in [3.63, 3.8) is 0 Å².